The van der Waals surface area contributed by atoms with Gasteiger partial charge < -0.3 is 15.1 Å². The summed E-state index contributed by atoms with van der Waals surface area (Å²) in [6, 6.07) is 18.6. The Labute approximate surface area is 166 Å². The fourth-order valence-corrected chi connectivity index (χ4v) is 3.67. The summed E-state index contributed by atoms with van der Waals surface area (Å²) in [5, 5.41) is 21.2. The number of phenols is 1. The number of Topliss-reactive ketones (excluding diaryl/α,β-unsaturated/α-hetero) is 1. The van der Waals surface area contributed by atoms with E-state index in [1.165, 1.54) is 23.1 Å². The summed E-state index contributed by atoms with van der Waals surface area (Å²) >= 11 is 0. The molecule has 5 nitrogen and oxygen atoms in total. The molecule has 0 fully saturated rings. The van der Waals surface area contributed by atoms with Crippen molar-refractivity contribution < 1.29 is 24.2 Å². The zero-order valence-electron chi connectivity index (χ0n) is 15.4. The number of carbonyl (C=O) groups is 2. The highest BCUT2D eigenvalue weighted by atomic mass is 19.1. The van der Waals surface area contributed by atoms with Crippen molar-refractivity contribution in [2.24, 2.45) is 0 Å². The SMILES string of the molecule is O=C(C[C@@]1(O)C(=O)N(Cc2ccccc2F)c2ccccc21)c1ccccc1O. The lowest BCUT2D eigenvalue weighted by Gasteiger charge is -2.23. The van der Waals surface area contributed by atoms with E-state index in [2.05, 4.69) is 0 Å². The van der Waals surface area contributed by atoms with Crippen molar-refractivity contribution in [1.82, 2.24) is 0 Å². The van der Waals surface area contributed by atoms with Crippen molar-refractivity contribution in [1.29, 1.82) is 0 Å². The minimum Gasteiger partial charge on any atom is -0.507 e. The number of nitrogens with zero attached hydrogens (tertiary/aromatic N) is 1. The number of phenolic OH excluding ortho intramolecular Hbond substituents is 1. The Morgan fingerprint density at radius 2 is 1.62 bits per heavy atom. The van der Waals surface area contributed by atoms with E-state index in [1.54, 1.807) is 54.6 Å². The normalized spacial score (nSPS) is 18.0. The van der Waals surface area contributed by atoms with Crippen LogP contribution >= 0.6 is 0 Å². The molecule has 0 radical (unpaired) electrons. The number of aromatic hydroxyl groups is 1. The molecule has 3 aromatic carbocycles. The summed E-state index contributed by atoms with van der Waals surface area (Å²) in [4.78, 5) is 27.2. The zero-order valence-corrected chi connectivity index (χ0v) is 15.4. The molecule has 6 heteroatoms. The number of fused-ring (bicyclic) bond motifs is 1. The molecule has 0 aromatic heterocycles. The summed E-state index contributed by atoms with van der Waals surface area (Å²) in [5.74, 6) is -1.95. The Bertz CT molecular complexity index is 1110. The van der Waals surface area contributed by atoms with Crippen LogP contribution in [0, 0.1) is 5.82 Å². The predicted octanol–water partition coefficient (Wildman–Crippen LogP) is 3.54. The van der Waals surface area contributed by atoms with Gasteiger partial charge in [0.2, 0.25) is 0 Å². The molecule has 2 N–H and O–H groups in total. The number of aliphatic hydroxyl groups is 1. The van der Waals surface area contributed by atoms with Crippen molar-refractivity contribution >= 4 is 17.4 Å². The van der Waals surface area contributed by atoms with Crippen molar-refractivity contribution in [2.45, 2.75) is 18.6 Å². The first-order chi connectivity index (χ1) is 13.9. The number of amides is 1. The Morgan fingerprint density at radius 1 is 0.966 bits per heavy atom. The summed E-state index contributed by atoms with van der Waals surface area (Å²) in [6.45, 7) is -0.0738. The van der Waals surface area contributed by atoms with Gasteiger partial charge in [0.15, 0.2) is 11.4 Å². The van der Waals surface area contributed by atoms with Crippen LogP contribution in [0.2, 0.25) is 0 Å². The number of benzene rings is 3. The van der Waals surface area contributed by atoms with Gasteiger partial charge >= 0.3 is 0 Å². The monoisotopic (exact) mass is 391 g/mol. The van der Waals surface area contributed by atoms with Crippen molar-refractivity contribution in [2.75, 3.05) is 4.90 Å². The molecule has 1 aliphatic rings. The van der Waals surface area contributed by atoms with Crippen LogP contribution < -0.4 is 4.90 Å². The van der Waals surface area contributed by atoms with Crippen LogP contribution in [0.5, 0.6) is 5.75 Å². The number of para-hydroxylation sites is 2. The standard InChI is InChI=1S/C23H18FNO4/c24-18-10-4-1-7-15(18)14-25-19-11-5-3-9-17(19)23(29,22(25)28)13-21(27)16-8-2-6-12-20(16)26/h1-12,26,29H,13-14H2/t23-/m0/s1. The summed E-state index contributed by atoms with van der Waals surface area (Å²) < 4.78 is 14.1. The summed E-state index contributed by atoms with van der Waals surface area (Å²) in [5.41, 5.74) is -1.06. The number of hydrogen-bond donors (Lipinski definition) is 2. The Hall–Kier alpha value is -3.51. The van der Waals surface area contributed by atoms with Crippen LogP contribution in [-0.2, 0) is 16.9 Å². The second kappa shape index (κ2) is 7.14. The van der Waals surface area contributed by atoms with Gasteiger partial charge in [0.25, 0.3) is 5.91 Å². The zero-order chi connectivity index (χ0) is 20.6. The minimum absolute atomic E-state index is 0.0266. The van der Waals surface area contributed by atoms with E-state index in [1.807, 2.05) is 0 Å². The lowest BCUT2D eigenvalue weighted by molar-refractivity contribution is -0.136. The lowest BCUT2D eigenvalue weighted by atomic mass is 9.88. The Kier molecular flexibility index (Phi) is 4.64. The third-order valence-corrected chi connectivity index (χ3v) is 5.15. The first kappa shape index (κ1) is 18.8. The molecule has 0 aliphatic carbocycles. The molecule has 4 rings (SSSR count). The maximum atomic E-state index is 14.1. The molecule has 0 bridgehead atoms. The molecule has 1 aliphatic heterocycles. The molecule has 0 unspecified atom stereocenters. The van der Waals surface area contributed by atoms with E-state index in [0.717, 1.165) is 0 Å². The van der Waals surface area contributed by atoms with Gasteiger partial charge in [-0.1, -0.05) is 48.5 Å². The largest absolute Gasteiger partial charge is 0.507 e. The number of hydrogen-bond acceptors (Lipinski definition) is 4. The average molecular weight is 391 g/mol. The van der Waals surface area contributed by atoms with E-state index in [-0.39, 0.29) is 23.4 Å². The molecule has 1 atom stereocenters. The highest BCUT2D eigenvalue weighted by Gasteiger charge is 2.51. The first-order valence-electron chi connectivity index (χ1n) is 9.10. The van der Waals surface area contributed by atoms with Crippen LogP contribution in [0.15, 0.2) is 72.8 Å². The van der Waals surface area contributed by atoms with E-state index < -0.39 is 29.5 Å². The van der Waals surface area contributed by atoms with Gasteiger partial charge in [-0.25, -0.2) is 4.39 Å². The smallest absolute Gasteiger partial charge is 0.264 e. The van der Waals surface area contributed by atoms with Gasteiger partial charge in [0.05, 0.1) is 24.2 Å². The number of anilines is 1. The third-order valence-electron chi connectivity index (χ3n) is 5.15. The quantitative estimate of drug-likeness (QED) is 0.652. The molecule has 0 saturated heterocycles. The molecule has 1 amide bonds. The van der Waals surface area contributed by atoms with Crippen molar-refractivity contribution in [3.8, 4) is 5.75 Å². The number of carbonyl (C=O) groups excluding carboxylic acids is 2. The van der Waals surface area contributed by atoms with Gasteiger partial charge in [-0.2, -0.15) is 0 Å². The third kappa shape index (κ3) is 3.17. The van der Waals surface area contributed by atoms with Crippen LogP contribution in [0.1, 0.15) is 27.9 Å². The summed E-state index contributed by atoms with van der Waals surface area (Å²) in [7, 11) is 0. The maximum Gasteiger partial charge on any atom is 0.264 e. The summed E-state index contributed by atoms with van der Waals surface area (Å²) in [6.07, 6.45) is -0.534. The van der Waals surface area contributed by atoms with E-state index in [4.69, 9.17) is 0 Å². The van der Waals surface area contributed by atoms with Crippen LogP contribution in [0.3, 0.4) is 0 Å². The maximum absolute atomic E-state index is 14.1. The molecule has 0 saturated carbocycles. The van der Waals surface area contributed by atoms with E-state index in [9.17, 15) is 24.2 Å². The lowest BCUT2D eigenvalue weighted by Crippen LogP contribution is -2.41. The molecule has 146 valence electrons. The van der Waals surface area contributed by atoms with Gasteiger partial charge in [-0.15, -0.1) is 0 Å². The predicted molar refractivity (Wildman–Crippen MR) is 105 cm³/mol. The van der Waals surface area contributed by atoms with Gasteiger partial charge in [0.1, 0.15) is 11.6 Å². The fourth-order valence-electron chi connectivity index (χ4n) is 3.67. The van der Waals surface area contributed by atoms with Gasteiger partial charge in [-0.3, -0.25) is 9.59 Å². The second-order valence-corrected chi connectivity index (χ2v) is 6.98. The van der Waals surface area contributed by atoms with Crippen LogP contribution in [0.25, 0.3) is 0 Å². The topological polar surface area (TPSA) is 77.8 Å². The second-order valence-electron chi connectivity index (χ2n) is 6.98. The number of rotatable bonds is 5. The van der Waals surface area contributed by atoms with E-state index >= 15 is 0 Å². The van der Waals surface area contributed by atoms with Crippen molar-refractivity contribution in [3.63, 3.8) is 0 Å². The van der Waals surface area contributed by atoms with Gasteiger partial charge in [-0.05, 0) is 24.3 Å². The van der Waals surface area contributed by atoms with E-state index in [0.29, 0.717) is 11.3 Å². The van der Waals surface area contributed by atoms with Crippen LogP contribution in [0.4, 0.5) is 10.1 Å². The molecule has 0 spiro atoms. The highest BCUT2D eigenvalue weighted by Crippen LogP contribution is 2.44. The fraction of sp³-hybridized carbons (Fsp3) is 0.130. The molecular formula is C23H18FNO4. The minimum atomic E-state index is -2.10. The van der Waals surface area contributed by atoms with Gasteiger partial charge in [0, 0.05) is 11.1 Å². The Morgan fingerprint density at radius 3 is 2.38 bits per heavy atom. The Balaban J connectivity index is 1.71. The average Bonchev–Trinajstić information content (AvgIpc) is 2.92. The van der Waals surface area contributed by atoms with Crippen molar-refractivity contribution in [3.05, 3.63) is 95.3 Å². The first-order valence-corrected chi connectivity index (χ1v) is 9.10. The molecule has 3 aromatic rings. The number of ketones is 1. The highest BCUT2D eigenvalue weighted by molar-refractivity contribution is 6.11. The molecule has 29 heavy (non-hydrogen) atoms. The number of halogens is 1. The molecule has 1 heterocycles. The molecular weight excluding hydrogens is 373 g/mol. The van der Waals surface area contributed by atoms with Crippen LogP contribution in [-0.4, -0.2) is 21.9 Å².